The fourth-order valence-corrected chi connectivity index (χ4v) is 2.59. The lowest BCUT2D eigenvalue weighted by Crippen LogP contribution is -1.98. The molecule has 1 atom stereocenters. The number of rotatable bonds is 2. The maximum Gasteiger partial charge on any atom is 0.159 e. The standard InChI is InChI=1S/C15H20O/c1-3-12-4-6-13-8-9-14(11(2)16)10-15(13)7-5-12/h8-10,12H,3-7H2,1-2H3. The van der Waals surface area contributed by atoms with Crippen LogP contribution >= 0.6 is 0 Å². The van der Waals surface area contributed by atoms with Gasteiger partial charge >= 0.3 is 0 Å². The normalized spacial score (nSPS) is 20.0. The second kappa shape index (κ2) is 4.82. The van der Waals surface area contributed by atoms with Gasteiger partial charge in [-0.15, -0.1) is 0 Å². The molecule has 1 aromatic rings. The SMILES string of the molecule is CCC1CCc2ccc(C(C)=O)cc2CC1. The van der Waals surface area contributed by atoms with Gasteiger partial charge in [0.1, 0.15) is 0 Å². The van der Waals surface area contributed by atoms with Crippen molar-refractivity contribution in [3.05, 3.63) is 34.9 Å². The Hall–Kier alpha value is -1.11. The van der Waals surface area contributed by atoms with Crippen LogP contribution in [0.3, 0.4) is 0 Å². The second-order valence-corrected chi connectivity index (χ2v) is 4.89. The van der Waals surface area contributed by atoms with Crippen LogP contribution in [0.1, 0.15) is 54.6 Å². The Kier molecular flexibility index (Phi) is 3.42. The van der Waals surface area contributed by atoms with Crippen molar-refractivity contribution in [1.82, 2.24) is 0 Å². The van der Waals surface area contributed by atoms with Gasteiger partial charge in [-0.2, -0.15) is 0 Å². The van der Waals surface area contributed by atoms with Crippen LogP contribution in [-0.2, 0) is 12.8 Å². The molecule has 0 spiro atoms. The molecule has 16 heavy (non-hydrogen) atoms. The highest BCUT2D eigenvalue weighted by Crippen LogP contribution is 2.27. The van der Waals surface area contributed by atoms with Gasteiger partial charge in [-0.3, -0.25) is 4.79 Å². The summed E-state index contributed by atoms with van der Waals surface area (Å²) in [5.41, 5.74) is 3.73. The summed E-state index contributed by atoms with van der Waals surface area (Å²) >= 11 is 0. The molecule has 0 saturated heterocycles. The molecule has 0 bridgehead atoms. The van der Waals surface area contributed by atoms with Crippen molar-refractivity contribution in [2.75, 3.05) is 0 Å². The third kappa shape index (κ3) is 2.34. The predicted molar refractivity (Wildman–Crippen MR) is 66.9 cm³/mol. The molecule has 1 unspecified atom stereocenters. The first-order valence-electron chi connectivity index (χ1n) is 6.33. The van der Waals surface area contributed by atoms with Crippen LogP contribution in [0.2, 0.25) is 0 Å². The minimum absolute atomic E-state index is 0.180. The molecule has 1 aliphatic carbocycles. The van der Waals surface area contributed by atoms with E-state index in [9.17, 15) is 4.79 Å². The summed E-state index contributed by atoms with van der Waals surface area (Å²) in [6.45, 7) is 3.93. The number of fused-ring (bicyclic) bond motifs is 1. The maximum atomic E-state index is 11.3. The van der Waals surface area contributed by atoms with Gasteiger partial charge < -0.3 is 0 Å². The number of ketones is 1. The van der Waals surface area contributed by atoms with E-state index in [1.54, 1.807) is 6.92 Å². The number of aryl methyl sites for hydroxylation is 2. The first-order chi connectivity index (χ1) is 7.70. The number of benzene rings is 1. The number of Topliss-reactive ketones (excluding diaryl/α,β-unsaturated/α-hetero) is 1. The van der Waals surface area contributed by atoms with Gasteiger partial charge in [0.2, 0.25) is 0 Å². The van der Waals surface area contributed by atoms with Gasteiger partial charge in [-0.1, -0.05) is 25.5 Å². The molecule has 0 aromatic heterocycles. The Bertz CT molecular complexity index is 392. The fourth-order valence-electron chi connectivity index (χ4n) is 2.59. The fraction of sp³-hybridized carbons (Fsp3) is 0.533. The first-order valence-corrected chi connectivity index (χ1v) is 6.33. The van der Waals surface area contributed by atoms with Gasteiger partial charge in [0.15, 0.2) is 5.78 Å². The summed E-state index contributed by atoms with van der Waals surface area (Å²) in [7, 11) is 0. The van der Waals surface area contributed by atoms with Crippen molar-refractivity contribution in [3.63, 3.8) is 0 Å². The van der Waals surface area contributed by atoms with Crippen LogP contribution in [0.15, 0.2) is 18.2 Å². The molecule has 1 heteroatoms. The number of carbonyl (C=O) groups is 1. The molecule has 0 aliphatic heterocycles. The highest BCUT2D eigenvalue weighted by Gasteiger charge is 2.15. The zero-order chi connectivity index (χ0) is 11.5. The zero-order valence-electron chi connectivity index (χ0n) is 10.3. The lowest BCUT2D eigenvalue weighted by Gasteiger charge is -2.08. The van der Waals surface area contributed by atoms with E-state index in [0.29, 0.717) is 0 Å². The van der Waals surface area contributed by atoms with E-state index in [4.69, 9.17) is 0 Å². The molecule has 0 saturated carbocycles. The molecule has 0 radical (unpaired) electrons. The van der Waals surface area contributed by atoms with Crippen molar-refractivity contribution in [2.45, 2.75) is 46.0 Å². The van der Waals surface area contributed by atoms with Gasteiger partial charge in [-0.25, -0.2) is 0 Å². The van der Waals surface area contributed by atoms with Crippen molar-refractivity contribution in [2.24, 2.45) is 5.92 Å². The Labute approximate surface area is 97.9 Å². The minimum atomic E-state index is 0.180. The molecule has 0 heterocycles. The average molecular weight is 216 g/mol. The molecule has 1 nitrogen and oxygen atoms in total. The maximum absolute atomic E-state index is 11.3. The molecule has 0 N–H and O–H groups in total. The molecule has 86 valence electrons. The van der Waals surface area contributed by atoms with E-state index < -0.39 is 0 Å². The summed E-state index contributed by atoms with van der Waals surface area (Å²) in [4.78, 5) is 11.3. The van der Waals surface area contributed by atoms with E-state index >= 15 is 0 Å². The first kappa shape index (κ1) is 11.4. The molecular weight excluding hydrogens is 196 g/mol. The molecule has 2 rings (SSSR count). The Morgan fingerprint density at radius 2 is 1.94 bits per heavy atom. The summed E-state index contributed by atoms with van der Waals surface area (Å²) in [6, 6.07) is 6.24. The predicted octanol–water partition coefficient (Wildman–Crippen LogP) is 3.79. The van der Waals surface area contributed by atoms with Crippen molar-refractivity contribution < 1.29 is 4.79 Å². The second-order valence-electron chi connectivity index (χ2n) is 4.89. The quantitative estimate of drug-likeness (QED) is 0.543. The largest absolute Gasteiger partial charge is 0.295 e. The van der Waals surface area contributed by atoms with Gasteiger partial charge in [0.05, 0.1) is 0 Å². The smallest absolute Gasteiger partial charge is 0.159 e. The summed E-state index contributed by atoms with van der Waals surface area (Å²) in [5.74, 6) is 1.05. The molecule has 1 aromatic carbocycles. The summed E-state index contributed by atoms with van der Waals surface area (Å²) in [5, 5.41) is 0. The van der Waals surface area contributed by atoms with E-state index in [-0.39, 0.29) is 5.78 Å². The van der Waals surface area contributed by atoms with Gasteiger partial charge in [-0.05, 0) is 55.7 Å². The van der Waals surface area contributed by atoms with Crippen LogP contribution in [0, 0.1) is 5.92 Å². The Morgan fingerprint density at radius 3 is 2.56 bits per heavy atom. The minimum Gasteiger partial charge on any atom is -0.295 e. The summed E-state index contributed by atoms with van der Waals surface area (Å²) in [6.07, 6.45) is 6.21. The van der Waals surface area contributed by atoms with E-state index in [2.05, 4.69) is 19.1 Å². The van der Waals surface area contributed by atoms with Crippen LogP contribution in [0.4, 0.5) is 0 Å². The summed E-state index contributed by atoms with van der Waals surface area (Å²) < 4.78 is 0. The molecule has 0 fully saturated rings. The monoisotopic (exact) mass is 216 g/mol. The molecule has 1 aliphatic rings. The molecular formula is C15H20O. The highest BCUT2D eigenvalue weighted by molar-refractivity contribution is 5.94. The lowest BCUT2D eigenvalue weighted by atomic mass is 9.97. The number of hydrogen-bond acceptors (Lipinski definition) is 1. The van der Waals surface area contributed by atoms with Gasteiger partial charge in [0, 0.05) is 5.56 Å². The van der Waals surface area contributed by atoms with Crippen LogP contribution in [0.25, 0.3) is 0 Å². The Morgan fingerprint density at radius 1 is 1.25 bits per heavy atom. The van der Waals surface area contributed by atoms with E-state index in [1.807, 2.05) is 6.07 Å². The van der Waals surface area contributed by atoms with Crippen LogP contribution < -0.4 is 0 Å². The highest BCUT2D eigenvalue weighted by atomic mass is 16.1. The number of carbonyl (C=O) groups excluding carboxylic acids is 1. The third-order valence-electron chi connectivity index (χ3n) is 3.83. The average Bonchev–Trinajstić information content (AvgIpc) is 2.50. The van der Waals surface area contributed by atoms with E-state index in [0.717, 1.165) is 17.9 Å². The Balaban J connectivity index is 2.25. The van der Waals surface area contributed by atoms with Crippen LogP contribution in [0.5, 0.6) is 0 Å². The van der Waals surface area contributed by atoms with Crippen molar-refractivity contribution >= 4 is 5.78 Å². The van der Waals surface area contributed by atoms with Crippen molar-refractivity contribution in [3.8, 4) is 0 Å². The number of hydrogen-bond donors (Lipinski definition) is 0. The van der Waals surface area contributed by atoms with Crippen molar-refractivity contribution in [1.29, 1.82) is 0 Å². The molecule has 0 amide bonds. The van der Waals surface area contributed by atoms with Crippen LogP contribution in [-0.4, -0.2) is 5.78 Å². The van der Waals surface area contributed by atoms with Gasteiger partial charge in [0.25, 0.3) is 0 Å². The third-order valence-corrected chi connectivity index (χ3v) is 3.83. The zero-order valence-corrected chi connectivity index (χ0v) is 10.3. The van der Waals surface area contributed by atoms with E-state index in [1.165, 1.54) is 36.8 Å². The topological polar surface area (TPSA) is 17.1 Å². The lowest BCUT2D eigenvalue weighted by molar-refractivity contribution is 0.101.